The summed E-state index contributed by atoms with van der Waals surface area (Å²) in [4.78, 5) is 15.8. The van der Waals surface area contributed by atoms with Gasteiger partial charge in [0.1, 0.15) is 10.4 Å². The van der Waals surface area contributed by atoms with Crippen LogP contribution in [0.15, 0.2) is 47.2 Å². The highest BCUT2D eigenvalue weighted by Crippen LogP contribution is 2.06. The fourth-order valence-corrected chi connectivity index (χ4v) is 1.86. The van der Waals surface area contributed by atoms with E-state index in [1.807, 2.05) is 6.07 Å². The summed E-state index contributed by atoms with van der Waals surface area (Å²) < 4.78 is 13.6. The molecule has 0 aliphatic carbocycles. The Morgan fingerprint density at radius 1 is 1.32 bits per heavy atom. The Morgan fingerprint density at radius 2 is 2.16 bits per heavy atom. The lowest BCUT2D eigenvalue weighted by Crippen LogP contribution is -2.25. The molecule has 0 unspecified atom stereocenters. The summed E-state index contributed by atoms with van der Waals surface area (Å²) in [5, 5.41) is 2.77. The molecule has 0 saturated carbocycles. The first-order chi connectivity index (χ1) is 9.15. The van der Waals surface area contributed by atoms with Crippen molar-refractivity contribution in [3.05, 3.63) is 64.1 Å². The summed E-state index contributed by atoms with van der Waals surface area (Å²) in [6.07, 6.45) is 2.09. The molecule has 1 N–H and O–H groups in total. The molecule has 1 heterocycles. The third-order valence-corrected chi connectivity index (χ3v) is 3.05. The molecule has 0 radical (unpaired) electrons. The third-order valence-electron chi connectivity index (χ3n) is 2.58. The average molecular weight is 323 g/mol. The standard InChI is InChI=1S/C14H12BrFN2O/c15-13-5-4-11(9-18-13)14(19)17-7-6-10-2-1-3-12(16)8-10/h1-5,8-9H,6-7H2,(H,17,19). The summed E-state index contributed by atoms with van der Waals surface area (Å²) >= 11 is 3.21. The van der Waals surface area contributed by atoms with Gasteiger partial charge in [0.15, 0.2) is 0 Å². The molecule has 2 rings (SSSR count). The van der Waals surface area contributed by atoms with Gasteiger partial charge < -0.3 is 5.32 Å². The van der Waals surface area contributed by atoms with Gasteiger partial charge in [-0.3, -0.25) is 4.79 Å². The van der Waals surface area contributed by atoms with Crippen molar-refractivity contribution < 1.29 is 9.18 Å². The van der Waals surface area contributed by atoms with Crippen molar-refractivity contribution in [3.8, 4) is 0 Å². The lowest BCUT2D eigenvalue weighted by molar-refractivity contribution is 0.0954. The van der Waals surface area contributed by atoms with Gasteiger partial charge >= 0.3 is 0 Å². The van der Waals surface area contributed by atoms with Gasteiger partial charge in [0.2, 0.25) is 0 Å². The summed E-state index contributed by atoms with van der Waals surface area (Å²) in [6.45, 7) is 0.457. The molecule has 3 nitrogen and oxygen atoms in total. The van der Waals surface area contributed by atoms with Crippen LogP contribution in [-0.4, -0.2) is 17.4 Å². The first kappa shape index (κ1) is 13.7. The summed E-state index contributed by atoms with van der Waals surface area (Å²) in [5.41, 5.74) is 1.36. The van der Waals surface area contributed by atoms with Crippen LogP contribution in [0, 0.1) is 5.82 Å². The zero-order valence-corrected chi connectivity index (χ0v) is 11.7. The van der Waals surface area contributed by atoms with E-state index >= 15 is 0 Å². The highest BCUT2D eigenvalue weighted by Gasteiger charge is 2.05. The van der Waals surface area contributed by atoms with Crippen molar-refractivity contribution in [2.75, 3.05) is 6.54 Å². The lowest BCUT2D eigenvalue weighted by Gasteiger charge is -2.05. The largest absolute Gasteiger partial charge is 0.352 e. The molecule has 0 bridgehead atoms. The van der Waals surface area contributed by atoms with E-state index in [1.165, 1.54) is 18.3 Å². The van der Waals surface area contributed by atoms with Gasteiger partial charge in [-0.15, -0.1) is 0 Å². The molecule has 19 heavy (non-hydrogen) atoms. The molecule has 0 spiro atoms. The highest BCUT2D eigenvalue weighted by molar-refractivity contribution is 9.10. The Kier molecular flexibility index (Phi) is 4.63. The van der Waals surface area contributed by atoms with Gasteiger partial charge in [-0.25, -0.2) is 9.37 Å². The zero-order valence-electron chi connectivity index (χ0n) is 10.1. The molecule has 0 aliphatic rings. The normalized spacial score (nSPS) is 10.2. The minimum Gasteiger partial charge on any atom is -0.352 e. The van der Waals surface area contributed by atoms with E-state index in [2.05, 4.69) is 26.2 Å². The van der Waals surface area contributed by atoms with Crippen molar-refractivity contribution in [1.29, 1.82) is 0 Å². The van der Waals surface area contributed by atoms with Crippen molar-refractivity contribution in [2.45, 2.75) is 6.42 Å². The van der Waals surface area contributed by atoms with E-state index in [-0.39, 0.29) is 11.7 Å². The first-order valence-electron chi connectivity index (χ1n) is 5.79. The second kappa shape index (κ2) is 6.43. The van der Waals surface area contributed by atoms with Gasteiger partial charge in [-0.1, -0.05) is 12.1 Å². The van der Waals surface area contributed by atoms with Crippen molar-refractivity contribution in [1.82, 2.24) is 10.3 Å². The van der Waals surface area contributed by atoms with Crippen molar-refractivity contribution >= 4 is 21.8 Å². The lowest BCUT2D eigenvalue weighted by atomic mass is 10.1. The van der Waals surface area contributed by atoms with E-state index in [4.69, 9.17) is 0 Å². The van der Waals surface area contributed by atoms with Gasteiger partial charge in [0, 0.05) is 12.7 Å². The average Bonchev–Trinajstić information content (AvgIpc) is 2.39. The van der Waals surface area contributed by atoms with E-state index in [0.717, 1.165) is 5.56 Å². The SMILES string of the molecule is O=C(NCCc1cccc(F)c1)c1ccc(Br)nc1. The molecule has 98 valence electrons. The maximum atomic E-state index is 13.0. The van der Waals surface area contributed by atoms with Gasteiger partial charge in [-0.2, -0.15) is 0 Å². The number of halogens is 2. The van der Waals surface area contributed by atoms with Crippen LogP contribution in [0.5, 0.6) is 0 Å². The molecular weight excluding hydrogens is 311 g/mol. The molecular formula is C14H12BrFN2O. The molecule has 0 fully saturated rings. The van der Waals surface area contributed by atoms with Crippen LogP contribution in [0.3, 0.4) is 0 Å². The van der Waals surface area contributed by atoms with Crippen LogP contribution in [0.1, 0.15) is 15.9 Å². The Labute approximate surface area is 119 Å². The Morgan fingerprint density at radius 3 is 2.84 bits per heavy atom. The molecule has 0 atom stereocenters. The Balaban J connectivity index is 1.86. The number of aromatic nitrogens is 1. The summed E-state index contributed by atoms with van der Waals surface area (Å²) in [5.74, 6) is -0.447. The topological polar surface area (TPSA) is 42.0 Å². The van der Waals surface area contributed by atoms with Gasteiger partial charge in [-0.05, 0) is 52.2 Å². The number of carbonyl (C=O) groups is 1. The second-order valence-corrected chi connectivity index (χ2v) is 4.82. The zero-order chi connectivity index (χ0) is 13.7. The number of benzene rings is 1. The fourth-order valence-electron chi connectivity index (χ4n) is 1.63. The predicted molar refractivity (Wildman–Crippen MR) is 74.4 cm³/mol. The molecule has 1 aromatic heterocycles. The first-order valence-corrected chi connectivity index (χ1v) is 6.58. The van der Waals surface area contributed by atoms with Crippen LogP contribution in [-0.2, 0) is 6.42 Å². The van der Waals surface area contributed by atoms with Gasteiger partial charge in [0.05, 0.1) is 5.56 Å². The number of hydrogen-bond donors (Lipinski definition) is 1. The number of hydrogen-bond acceptors (Lipinski definition) is 2. The minimum absolute atomic E-state index is 0.184. The maximum Gasteiger partial charge on any atom is 0.252 e. The monoisotopic (exact) mass is 322 g/mol. The maximum absolute atomic E-state index is 13.0. The van der Waals surface area contributed by atoms with Crippen LogP contribution >= 0.6 is 15.9 Å². The predicted octanol–water partition coefficient (Wildman–Crippen LogP) is 2.96. The van der Waals surface area contributed by atoms with E-state index in [9.17, 15) is 9.18 Å². The van der Waals surface area contributed by atoms with E-state index < -0.39 is 0 Å². The second-order valence-electron chi connectivity index (χ2n) is 4.01. The number of nitrogens with one attached hydrogen (secondary N) is 1. The molecule has 0 saturated heterocycles. The molecule has 5 heteroatoms. The summed E-state index contributed by atoms with van der Waals surface area (Å²) in [7, 11) is 0. The Bertz CT molecular complexity index is 572. The number of nitrogens with zero attached hydrogens (tertiary/aromatic N) is 1. The number of rotatable bonds is 4. The fraction of sp³-hybridized carbons (Fsp3) is 0.143. The quantitative estimate of drug-likeness (QED) is 0.879. The van der Waals surface area contributed by atoms with Crippen molar-refractivity contribution in [3.63, 3.8) is 0 Å². The van der Waals surface area contributed by atoms with Crippen LogP contribution in [0.25, 0.3) is 0 Å². The smallest absolute Gasteiger partial charge is 0.252 e. The van der Waals surface area contributed by atoms with Gasteiger partial charge in [0.25, 0.3) is 5.91 Å². The molecule has 2 aromatic rings. The number of amides is 1. The van der Waals surface area contributed by atoms with E-state index in [1.54, 1.807) is 18.2 Å². The Hall–Kier alpha value is -1.75. The minimum atomic E-state index is -0.263. The molecule has 1 amide bonds. The number of pyridine rings is 1. The van der Waals surface area contributed by atoms with Crippen LogP contribution < -0.4 is 5.32 Å². The number of carbonyl (C=O) groups excluding carboxylic acids is 1. The molecule has 1 aromatic carbocycles. The van der Waals surface area contributed by atoms with Crippen LogP contribution in [0.4, 0.5) is 4.39 Å². The van der Waals surface area contributed by atoms with E-state index in [0.29, 0.717) is 23.1 Å². The summed E-state index contributed by atoms with van der Waals surface area (Å²) in [6, 6.07) is 9.75. The van der Waals surface area contributed by atoms with Crippen LogP contribution in [0.2, 0.25) is 0 Å². The van der Waals surface area contributed by atoms with Crippen molar-refractivity contribution in [2.24, 2.45) is 0 Å². The molecule has 0 aliphatic heterocycles. The highest BCUT2D eigenvalue weighted by atomic mass is 79.9. The third kappa shape index (κ3) is 4.13.